The van der Waals surface area contributed by atoms with Crippen LogP contribution in [0.5, 0.6) is 0 Å². The summed E-state index contributed by atoms with van der Waals surface area (Å²) in [6.07, 6.45) is 3.24. The summed E-state index contributed by atoms with van der Waals surface area (Å²) >= 11 is 0. The molecule has 1 atom stereocenters. The van der Waals surface area contributed by atoms with Crippen molar-refractivity contribution in [1.29, 1.82) is 0 Å². The predicted molar refractivity (Wildman–Crippen MR) is 72.9 cm³/mol. The van der Waals surface area contributed by atoms with Crippen LogP contribution in [0.3, 0.4) is 0 Å². The maximum atomic E-state index is 12.4. The maximum absolute atomic E-state index is 12.4. The molecule has 1 fully saturated rings. The number of aromatic amines is 2. The van der Waals surface area contributed by atoms with Gasteiger partial charge in [-0.25, -0.2) is 4.79 Å². The third kappa shape index (κ3) is 4.19. The summed E-state index contributed by atoms with van der Waals surface area (Å²) in [6.45, 7) is 1.30. The molecule has 8 heteroatoms. The molecule has 0 aliphatic carbocycles. The van der Waals surface area contributed by atoms with E-state index in [1.165, 1.54) is 18.2 Å². The lowest BCUT2D eigenvalue weighted by Gasteiger charge is -2.24. The first-order valence-electron chi connectivity index (χ1n) is 6.85. The fourth-order valence-corrected chi connectivity index (χ4v) is 2.26. The van der Waals surface area contributed by atoms with Crippen molar-refractivity contribution in [2.75, 3.05) is 26.8 Å². The molecule has 0 aromatic carbocycles. The molecule has 0 saturated carbocycles. The summed E-state index contributed by atoms with van der Waals surface area (Å²) in [6, 6.07) is 0. The monoisotopic (exact) mass is 297 g/mol. The Morgan fingerprint density at radius 2 is 2.33 bits per heavy atom. The molecule has 1 saturated heterocycles. The van der Waals surface area contributed by atoms with E-state index in [1.54, 1.807) is 0 Å². The summed E-state index contributed by atoms with van der Waals surface area (Å²) in [5, 5.41) is 0. The minimum atomic E-state index is -0.441. The Bertz CT molecular complexity index is 544. The van der Waals surface area contributed by atoms with Gasteiger partial charge in [-0.05, 0) is 12.8 Å². The van der Waals surface area contributed by atoms with E-state index in [0.717, 1.165) is 12.8 Å². The second-order valence-corrected chi connectivity index (χ2v) is 4.87. The van der Waals surface area contributed by atoms with Crippen LogP contribution in [0.1, 0.15) is 29.8 Å². The number of amides is 1. The average Bonchev–Trinajstić information content (AvgIpc) is 3.13. The van der Waals surface area contributed by atoms with Gasteiger partial charge in [-0.15, -0.1) is 0 Å². The van der Waals surface area contributed by atoms with Crippen LogP contribution in [-0.2, 0) is 14.3 Å². The van der Waals surface area contributed by atoms with Crippen molar-refractivity contribution in [3.05, 3.63) is 22.4 Å². The van der Waals surface area contributed by atoms with Crippen LogP contribution in [0.4, 0.5) is 0 Å². The first-order chi connectivity index (χ1) is 10.1. The van der Waals surface area contributed by atoms with Gasteiger partial charge >= 0.3 is 11.7 Å². The summed E-state index contributed by atoms with van der Waals surface area (Å²) in [5.74, 6) is -0.726. The van der Waals surface area contributed by atoms with Crippen molar-refractivity contribution in [2.24, 2.45) is 0 Å². The fraction of sp³-hybridized carbons (Fsp3) is 0.615. The second kappa shape index (κ2) is 7.07. The van der Waals surface area contributed by atoms with Gasteiger partial charge in [0.1, 0.15) is 5.69 Å². The molecular formula is C13H19N3O5. The molecule has 0 bridgehead atoms. The molecule has 1 aliphatic rings. The van der Waals surface area contributed by atoms with Crippen LogP contribution >= 0.6 is 0 Å². The third-order valence-corrected chi connectivity index (χ3v) is 3.37. The minimum Gasteiger partial charge on any atom is -0.469 e. The van der Waals surface area contributed by atoms with Crippen molar-refractivity contribution in [2.45, 2.75) is 25.4 Å². The standard InChI is InChI=1S/C13H19N3O5/c1-20-11(17)4-5-16(8-9-3-2-6-21-9)12(18)10-7-14-13(19)15-10/h7,9H,2-6,8H2,1H3,(H2,14,15,19). The lowest BCUT2D eigenvalue weighted by Crippen LogP contribution is -2.39. The number of nitrogens with one attached hydrogen (secondary N) is 2. The molecule has 21 heavy (non-hydrogen) atoms. The number of hydrogen-bond acceptors (Lipinski definition) is 5. The minimum absolute atomic E-state index is 0.0303. The number of ether oxygens (including phenoxy) is 2. The van der Waals surface area contributed by atoms with Crippen LogP contribution in [0.25, 0.3) is 0 Å². The largest absolute Gasteiger partial charge is 0.469 e. The number of esters is 1. The number of rotatable bonds is 6. The molecule has 2 rings (SSSR count). The number of imidazole rings is 1. The van der Waals surface area contributed by atoms with Crippen LogP contribution in [0.15, 0.2) is 11.0 Å². The van der Waals surface area contributed by atoms with Crippen molar-refractivity contribution in [3.8, 4) is 0 Å². The van der Waals surface area contributed by atoms with Gasteiger partial charge in [0.15, 0.2) is 0 Å². The SMILES string of the molecule is COC(=O)CCN(CC1CCCO1)C(=O)c1c[nH]c(=O)[nH]1. The zero-order chi connectivity index (χ0) is 15.2. The maximum Gasteiger partial charge on any atom is 0.323 e. The van der Waals surface area contributed by atoms with Gasteiger partial charge in [-0.2, -0.15) is 0 Å². The van der Waals surface area contributed by atoms with Crippen molar-refractivity contribution >= 4 is 11.9 Å². The first-order valence-corrected chi connectivity index (χ1v) is 6.85. The average molecular weight is 297 g/mol. The Morgan fingerprint density at radius 3 is 2.90 bits per heavy atom. The number of carbonyl (C=O) groups excluding carboxylic acids is 2. The molecule has 2 N–H and O–H groups in total. The van der Waals surface area contributed by atoms with E-state index in [0.29, 0.717) is 13.2 Å². The van der Waals surface area contributed by atoms with E-state index >= 15 is 0 Å². The van der Waals surface area contributed by atoms with E-state index in [2.05, 4.69) is 14.7 Å². The van der Waals surface area contributed by atoms with Crippen LogP contribution in [-0.4, -0.2) is 59.7 Å². The number of nitrogens with zero attached hydrogens (tertiary/aromatic N) is 1. The van der Waals surface area contributed by atoms with E-state index in [1.807, 2.05) is 0 Å². The number of aromatic nitrogens is 2. The van der Waals surface area contributed by atoms with E-state index in [-0.39, 0.29) is 36.6 Å². The van der Waals surface area contributed by atoms with Gasteiger partial charge in [0, 0.05) is 25.9 Å². The lowest BCUT2D eigenvalue weighted by atomic mass is 10.2. The topological polar surface area (TPSA) is 104 Å². The highest BCUT2D eigenvalue weighted by atomic mass is 16.5. The first kappa shape index (κ1) is 15.3. The molecule has 1 aromatic rings. The van der Waals surface area contributed by atoms with E-state index < -0.39 is 5.69 Å². The van der Waals surface area contributed by atoms with Gasteiger partial charge in [0.25, 0.3) is 5.91 Å². The summed E-state index contributed by atoms with van der Waals surface area (Å²) in [4.78, 5) is 41.1. The third-order valence-electron chi connectivity index (χ3n) is 3.37. The van der Waals surface area contributed by atoms with Crippen LogP contribution < -0.4 is 5.69 Å². The van der Waals surface area contributed by atoms with E-state index in [9.17, 15) is 14.4 Å². The molecule has 0 radical (unpaired) electrons. The van der Waals surface area contributed by atoms with Crippen LogP contribution in [0.2, 0.25) is 0 Å². The number of methoxy groups -OCH3 is 1. The Morgan fingerprint density at radius 1 is 1.52 bits per heavy atom. The molecule has 1 aliphatic heterocycles. The second-order valence-electron chi connectivity index (χ2n) is 4.87. The Labute approximate surface area is 121 Å². The van der Waals surface area contributed by atoms with Crippen LogP contribution in [0, 0.1) is 0 Å². The number of carbonyl (C=O) groups is 2. The molecule has 1 aromatic heterocycles. The smallest absolute Gasteiger partial charge is 0.323 e. The molecule has 2 heterocycles. The molecule has 116 valence electrons. The zero-order valence-electron chi connectivity index (χ0n) is 11.9. The van der Waals surface area contributed by atoms with E-state index in [4.69, 9.17) is 4.74 Å². The Hall–Kier alpha value is -2.09. The molecule has 1 unspecified atom stereocenters. The van der Waals surface area contributed by atoms with Crippen molar-refractivity contribution < 1.29 is 19.1 Å². The number of hydrogen-bond donors (Lipinski definition) is 2. The quantitative estimate of drug-likeness (QED) is 0.713. The molecule has 8 nitrogen and oxygen atoms in total. The van der Waals surface area contributed by atoms with Gasteiger partial charge in [-0.1, -0.05) is 0 Å². The normalized spacial score (nSPS) is 17.7. The summed E-state index contributed by atoms with van der Waals surface area (Å²) in [7, 11) is 1.30. The predicted octanol–water partition coefficient (Wildman–Crippen LogP) is -0.113. The molecular weight excluding hydrogens is 278 g/mol. The summed E-state index contributed by atoms with van der Waals surface area (Å²) in [5.41, 5.74) is -0.272. The van der Waals surface area contributed by atoms with Gasteiger partial charge in [-0.3, -0.25) is 9.59 Å². The van der Waals surface area contributed by atoms with Gasteiger partial charge < -0.3 is 24.3 Å². The molecule has 1 amide bonds. The van der Waals surface area contributed by atoms with Crippen molar-refractivity contribution in [1.82, 2.24) is 14.9 Å². The lowest BCUT2D eigenvalue weighted by molar-refractivity contribution is -0.140. The highest BCUT2D eigenvalue weighted by Crippen LogP contribution is 2.14. The Kier molecular flexibility index (Phi) is 5.15. The van der Waals surface area contributed by atoms with Gasteiger partial charge in [0.2, 0.25) is 0 Å². The highest BCUT2D eigenvalue weighted by molar-refractivity contribution is 5.92. The highest BCUT2D eigenvalue weighted by Gasteiger charge is 2.24. The molecule has 0 spiro atoms. The zero-order valence-corrected chi connectivity index (χ0v) is 11.9. The Balaban J connectivity index is 2.03. The van der Waals surface area contributed by atoms with Gasteiger partial charge in [0.05, 0.1) is 19.6 Å². The fourth-order valence-electron chi connectivity index (χ4n) is 2.26. The number of H-pyrrole nitrogens is 2. The van der Waals surface area contributed by atoms with Crippen molar-refractivity contribution in [3.63, 3.8) is 0 Å². The summed E-state index contributed by atoms with van der Waals surface area (Å²) < 4.78 is 10.1.